The molecular formula is C23H26N2O2S2. The Morgan fingerprint density at radius 3 is 2.66 bits per heavy atom. The van der Waals surface area contributed by atoms with Crippen molar-refractivity contribution in [1.82, 2.24) is 4.90 Å². The standard InChI is InChI=1S/C23H26N2O2S2/c1-15-16(2)29-23(24-22(26)19-10-7-13-28-19)20(15)21(25-11-4-5-12-25)17-8-6-9-18(14-17)27-3/h6-10,13-14,21H,4-5,11-12H2,1-3H3,(H,24,26)/t21-/m1/s1. The van der Waals surface area contributed by atoms with Crippen LogP contribution in [0.15, 0.2) is 41.8 Å². The Hall–Kier alpha value is -2.15. The molecule has 2 aromatic heterocycles. The number of likely N-dealkylation sites (tertiary alicyclic amines) is 1. The number of aryl methyl sites for hydroxylation is 1. The SMILES string of the molecule is COc1cccc([C@H](c2c(NC(=O)c3cccs3)sc(C)c2C)N2CCCC2)c1. The van der Waals surface area contributed by atoms with Gasteiger partial charge >= 0.3 is 0 Å². The molecule has 1 aliphatic heterocycles. The largest absolute Gasteiger partial charge is 0.497 e. The Bertz CT molecular complexity index is 988. The summed E-state index contributed by atoms with van der Waals surface area (Å²) in [7, 11) is 1.71. The highest BCUT2D eigenvalue weighted by Crippen LogP contribution is 2.43. The smallest absolute Gasteiger partial charge is 0.266 e. The van der Waals surface area contributed by atoms with E-state index in [1.54, 1.807) is 18.4 Å². The van der Waals surface area contributed by atoms with Crippen molar-refractivity contribution in [3.05, 3.63) is 68.2 Å². The molecule has 1 atom stereocenters. The van der Waals surface area contributed by atoms with Gasteiger partial charge in [-0.2, -0.15) is 0 Å². The minimum absolute atomic E-state index is 0.0340. The van der Waals surface area contributed by atoms with Crippen LogP contribution >= 0.6 is 22.7 Å². The highest BCUT2D eigenvalue weighted by Gasteiger charge is 2.31. The van der Waals surface area contributed by atoms with Crippen LogP contribution in [0.2, 0.25) is 0 Å². The average molecular weight is 427 g/mol. The summed E-state index contributed by atoms with van der Waals surface area (Å²) in [6.45, 7) is 6.44. The van der Waals surface area contributed by atoms with Gasteiger partial charge in [-0.3, -0.25) is 9.69 Å². The number of rotatable bonds is 6. The number of nitrogens with one attached hydrogen (secondary N) is 1. The number of benzene rings is 1. The predicted molar refractivity (Wildman–Crippen MR) is 122 cm³/mol. The van der Waals surface area contributed by atoms with Crippen LogP contribution in [0.5, 0.6) is 5.75 Å². The van der Waals surface area contributed by atoms with Crippen molar-refractivity contribution in [2.75, 3.05) is 25.5 Å². The summed E-state index contributed by atoms with van der Waals surface area (Å²) in [4.78, 5) is 17.3. The lowest BCUT2D eigenvalue weighted by Crippen LogP contribution is -2.28. The topological polar surface area (TPSA) is 41.6 Å². The second kappa shape index (κ2) is 8.69. The minimum atomic E-state index is -0.0340. The van der Waals surface area contributed by atoms with Crippen molar-refractivity contribution >= 4 is 33.6 Å². The van der Waals surface area contributed by atoms with Gasteiger partial charge in [0, 0.05) is 10.4 Å². The van der Waals surface area contributed by atoms with Crippen LogP contribution < -0.4 is 10.1 Å². The van der Waals surface area contributed by atoms with E-state index in [-0.39, 0.29) is 11.9 Å². The second-order valence-corrected chi connectivity index (χ2v) is 9.55. The van der Waals surface area contributed by atoms with Gasteiger partial charge in [0.1, 0.15) is 10.8 Å². The van der Waals surface area contributed by atoms with E-state index >= 15 is 0 Å². The zero-order valence-corrected chi connectivity index (χ0v) is 18.7. The van der Waals surface area contributed by atoms with Gasteiger partial charge in [0.2, 0.25) is 0 Å². The molecule has 0 spiro atoms. The summed E-state index contributed by atoms with van der Waals surface area (Å²) in [5.74, 6) is 0.828. The van der Waals surface area contributed by atoms with Crippen LogP contribution in [-0.4, -0.2) is 31.0 Å². The molecule has 0 aliphatic carbocycles. The molecule has 0 unspecified atom stereocenters. The van der Waals surface area contributed by atoms with Gasteiger partial charge in [-0.15, -0.1) is 22.7 Å². The lowest BCUT2D eigenvalue weighted by atomic mass is 9.95. The third kappa shape index (κ3) is 4.10. The van der Waals surface area contributed by atoms with E-state index < -0.39 is 0 Å². The highest BCUT2D eigenvalue weighted by atomic mass is 32.1. The van der Waals surface area contributed by atoms with Gasteiger partial charge in [0.05, 0.1) is 18.0 Å². The number of anilines is 1. The fourth-order valence-corrected chi connectivity index (χ4v) is 5.72. The summed E-state index contributed by atoms with van der Waals surface area (Å²) < 4.78 is 5.50. The van der Waals surface area contributed by atoms with E-state index in [0.717, 1.165) is 28.7 Å². The van der Waals surface area contributed by atoms with E-state index in [4.69, 9.17) is 4.74 Å². The summed E-state index contributed by atoms with van der Waals surface area (Å²) >= 11 is 3.14. The first-order chi connectivity index (χ1) is 14.1. The second-order valence-electron chi connectivity index (χ2n) is 7.38. The maximum Gasteiger partial charge on any atom is 0.266 e. The number of hydrogen-bond donors (Lipinski definition) is 1. The molecule has 0 bridgehead atoms. The fourth-order valence-electron chi connectivity index (χ4n) is 4.01. The van der Waals surface area contributed by atoms with E-state index in [0.29, 0.717) is 0 Å². The minimum Gasteiger partial charge on any atom is -0.497 e. The zero-order valence-electron chi connectivity index (χ0n) is 17.0. The van der Waals surface area contributed by atoms with Crippen molar-refractivity contribution in [2.24, 2.45) is 0 Å². The van der Waals surface area contributed by atoms with Gasteiger partial charge in [-0.05, 0) is 74.5 Å². The molecular weight excluding hydrogens is 400 g/mol. The summed E-state index contributed by atoms with van der Waals surface area (Å²) in [5, 5.41) is 6.10. The molecule has 6 heteroatoms. The zero-order chi connectivity index (χ0) is 20.4. The third-order valence-corrected chi connectivity index (χ3v) is 7.60. The first kappa shape index (κ1) is 20.1. The summed E-state index contributed by atoms with van der Waals surface area (Å²) in [5.41, 5.74) is 3.68. The van der Waals surface area contributed by atoms with Crippen LogP contribution in [0.1, 0.15) is 50.1 Å². The molecule has 1 fully saturated rings. The average Bonchev–Trinajstić information content (AvgIpc) is 3.48. The molecule has 4 rings (SSSR count). The number of hydrogen-bond acceptors (Lipinski definition) is 5. The maximum absolute atomic E-state index is 12.8. The molecule has 1 aromatic carbocycles. The third-order valence-electron chi connectivity index (χ3n) is 5.59. The molecule has 152 valence electrons. The van der Waals surface area contributed by atoms with Gasteiger partial charge in [-0.1, -0.05) is 18.2 Å². The van der Waals surface area contributed by atoms with Gasteiger partial charge < -0.3 is 10.1 Å². The van der Waals surface area contributed by atoms with Crippen molar-refractivity contribution in [2.45, 2.75) is 32.7 Å². The Labute approximate surface area is 180 Å². The Morgan fingerprint density at radius 2 is 1.97 bits per heavy atom. The maximum atomic E-state index is 12.8. The van der Waals surface area contributed by atoms with Crippen LogP contribution in [-0.2, 0) is 0 Å². The molecule has 4 nitrogen and oxygen atoms in total. The Morgan fingerprint density at radius 1 is 1.17 bits per heavy atom. The number of ether oxygens (including phenoxy) is 1. The number of methoxy groups -OCH3 is 1. The summed E-state index contributed by atoms with van der Waals surface area (Å²) in [6.07, 6.45) is 2.42. The predicted octanol–water partition coefficient (Wildman–Crippen LogP) is 5.87. The number of carbonyl (C=O) groups excluding carboxylic acids is 1. The first-order valence-corrected chi connectivity index (χ1v) is 11.6. The van der Waals surface area contributed by atoms with Crippen LogP contribution in [0, 0.1) is 13.8 Å². The molecule has 1 amide bonds. The van der Waals surface area contributed by atoms with Crippen molar-refractivity contribution in [3.8, 4) is 5.75 Å². The van der Waals surface area contributed by atoms with E-state index in [2.05, 4.69) is 42.3 Å². The molecule has 3 aromatic rings. The number of carbonyl (C=O) groups is 1. The van der Waals surface area contributed by atoms with Crippen molar-refractivity contribution in [3.63, 3.8) is 0 Å². The molecule has 0 radical (unpaired) electrons. The number of amides is 1. The van der Waals surface area contributed by atoms with Gasteiger partial charge in [-0.25, -0.2) is 0 Å². The van der Waals surface area contributed by atoms with Gasteiger partial charge in [0.25, 0.3) is 5.91 Å². The number of nitrogens with zero attached hydrogens (tertiary/aromatic N) is 1. The Balaban J connectivity index is 1.78. The molecule has 1 saturated heterocycles. The highest BCUT2D eigenvalue weighted by molar-refractivity contribution is 7.17. The quantitative estimate of drug-likeness (QED) is 0.536. The molecule has 29 heavy (non-hydrogen) atoms. The monoisotopic (exact) mass is 426 g/mol. The lowest BCUT2D eigenvalue weighted by molar-refractivity contribution is 0.103. The first-order valence-electron chi connectivity index (χ1n) is 9.91. The lowest BCUT2D eigenvalue weighted by Gasteiger charge is -2.30. The van der Waals surface area contributed by atoms with Gasteiger partial charge in [0.15, 0.2) is 0 Å². The molecule has 1 aliphatic rings. The van der Waals surface area contributed by atoms with Crippen LogP contribution in [0.25, 0.3) is 0 Å². The van der Waals surface area contributed by atoms with Crippen molar-refractivity contribution in [1.29, 1.82) is 0 Å². The fraction of sp³-hybridized carbons (Fsp3) is 0.348. The molecule has 3 heterocycles. The van der Waals surface area contributed by atoms with E-state index in [1.807, 2.05) is 23.6 Å². The van der Waals surface area contributed by atoms with E-state index in [9.17, 15) is 4.79 Å². The van der Waals surface area contributed by atoms with Crippen LogP contribution in [0.3, 0.4) is 0 Å². The Kier molecular flexibility index (Phi) is 6.04. The van der Waals surface area contributed by atoms with E-state index in [1.165, 1.54) is 45.7 Å². The van der Waals surface area contributed by atoms with Crippen molar-refractivity contribution < 1.29 is 9.53 Å². The summed E-state index contributed by atoms with van der Waals surface area (Å²) in [6, 6.07) is 12.2. The molecule has 1 N–H and O–H groups in total. The number of thiophene rings is 2. The molecule has 0 saturated carbocycles. The van der Waals surface area contributed by atoms with Crippen LogP contribution in [0.4, 0.5) is 5.00 Å². The normalized spacial score (nSPS) is 15.4.